The van der Waals surface area contributed by atoms with Crippen LogP contribution in [0.4, 0.5) is 10.5 Å². The fraction of sp³-hybridized carbons (Fsp3) is 0.636. The number of fused-ring (bicyclic) bond motifs is 1. The molecule has 1 aromatic carbocycles. The van der Waals surface area contributed by atoms with Crippen molar-refractivity contribution in [3.05, 3.63) is 24.3 Å². The van der Waals surface area contributed by atoms with Gasteiger partial charge in [0, 0.05) is 49.3 Å². The molecule has 3 fully saturated rings. The van der Waals surface area contributed by atoms with Crippen LogP contribution in [-0.2, 0) is 4.79 Å². The van der Waals surface area contributed by atoms with E-state index in [1.54, 1.807) is 7.11 Å². The lowest BCUT2D eigenvalue weighted by atomic mass is 10.0. The van der Waals surface area contributed by atoms with Crippen molar-refractivity contribution >= 4 is 29.4 Å². The topological polar surface area (TPSA) is 73.9 Å². The molecular weight excluding hydrogens is 400 g/mol. The van der Waals surface area contributed by atoms with Crippen LogP contribution in [0.15, 0.2) is 24.3 Å². The molecule has 164 valence electrons. The van der Waals surface area contributed by atoms with Crippen LogP contribution in [0.2, 0.25) is 0 Å². The van der Waals surface area contributed by atoms with Gasteiger partial charge in [0.25, 0.3) is 0 Å². The molecule has 0 aromatic heterocycles. The van der Waals surface area contributed by atoms with Crippen LogP contribution < -0.4 is 20.3 Å². The molecule has 3 aliphatic heterocycles. The van der Waals surface area contributed by atoms with Gasteiger partial charge in [-0.15, -0.1) is 0 Å². The Hall–Kier alpha value is -2.09. The molecule has 0 spiro atoms. The van der Waals surface area contributed by atoms with Crippen molar-refractivity contribution in [1.82, 2.24) is 15.5 Å². The third-order valence-electron chi connectivity index (χ3n) is 6.35. The third kappa shape index (κ3) is 4.96. The number of carbonyl (C=O) groups is 2. The van der Waals surface area contributed by atoms with E-state index < -0.39 is 0 Å². The number of benzene rings is 1. The second-order valence-electron chi connectivity index (χ2n) is 8.29. The Balaban J connectivity index is 1.17. The number of carbonyl (C=O) groups excluding carboxylic acids is 2. The molecule has 0 radical (unpaired) electrons. The number of anilines is 1. The molecular formula is C22H32N4O3S. The SMILES string of the molecule is COc1ccc(N2CCCN(C(=O)CCCC[C@@H]3SC[C@@H]4NC(=O)N[C@@H]43)CC2)cc1. The lowest BCUT2D eigenvalue weighted by Crippen LogP contribution is -2.37. The Morgan fingerprint density at radius 1 is 1.13 bits per heavy atom. The smallest absolute Gasteiger partial charge is 0.315 e. The highest BCUT2D eigenvalue weighted by atomic mass is 32.2. The number of rotatable bonds is 7. The molecule has 1 aromatic rings. The summed E-state index contributed by atoms with van der Waals surface area (Å²) in [5, 5.41) is 6.50. The molecule has 8 heteroatoms. The van der Waals surface area contributed by atoms with Crippen LogP contribution in [0.1, 0.15) is 32.1 Å². The first-order valence-corrected chi connectivity index (χ1v) is 12.0. The van der Waals surface area contributed by atoms with Crippen molar-refractivity contribution in [3.8, 4) is 5.75 Å². The fourth-order valence-corrected chi connectivity index (χ4v) is 6.18. The molecule has 3 heterocycles. The summed E-state index contributed by atoms with van der Waals surface area (Å²) >= 11 is 1.94. The van der Waals surface area contributed by atoms with E-state index >= 15 is 0 Å². The van der Waals surface area contributed by atoms with Gasteiger partial charge in [0.15, 0.2) is 0 Å². The maximum Gasteiger partial charge on any atom is 0.315 e. The molecule has 30 heavy (non-hydrogen) atoms. The summed E-state index contributed by atoms with van der Waals surface area (Å²) in [4.78, 5) is 28.6. The van der Waals surface area contributed by atoms with E-state index in [4.69, 9.17) is 4.74 Å². The highest BCUT2D eigenvalue weighted by molar-refractivity contribution is 8.00. The van der Waals surface area contributed by atoms with Gasteiger partial charge in [-0.2, -0.15) is 11.8 Å². The minimum absolute atomic E-state index is 0.0321. The van der Waals surface area contributed by atoms with Gasteiger partial charge in [-0.05, 0) is 43.5 Å². The zero-order chi connectivity index (χ0) is 20.9. The van der Waals surface area contributed by atoms with Gasteiger partial charge in [0.1, 0.15) is 5.75 Å². The van der Waals surface area contributed by atoms with Crippen molar-refractivity contribution in [3.63, 3.8) is 0 Å². The second-order valence-corrected chi connectivity index (χ2v) is 9.56. The quantitative estimate of drug-likeness (QED) is 0.512. The average Bonchev–Trinajstić information content (AvgIpc) is 3.19. The maximum absolute atomic E-state index is 12.7. The zero-order valence-electron chi connectivity index (χ0n) is 17.6. The van der Waals surface area contributed by atoms with E-state index in [0.29, 0.717) is 11.7 Å². The number of ether oxygens (including phenoxy) is 1. The van der Waals surface area contributed by atoms with E-state index in [9.17, 15) is 9.59 Å². The molecule has 0 aliphatic carbocycles. The Bertz CT molecular complexity index is 744. The number of thioether (sulfide) groups is 1. The summed E-state index contributed by atoms with van der Waals surface area (Å²) in [6.07, 6.45) is 4.64. The predicted molar refractivity (Wildman–Crippen MR) is 120 cm³/mol. The first-order chi connectivity index (χ1) is 14.6. The number of methoxy groups -OCH3 is 1. The predicted octanol–water partition coefficient (Wildman–Crippen LogP) is 2.46. The second kappa shape index (κ2) is 9.81. The summed E-state index contributed by atoms with van der Waals surface area (Å²) < 4.78 is 5.24. The van der Waals surface area contributed by atoms with Crippen molar-refractivity contribution in [2.24, 2.45) is 0 Å². The van der Waals surface area contributed by atoms with E-state index in [1.165, 1.54) is 5.69 Å². The van der Waals surface area contributed by atoms with Crippen LogP contribution in [0, 0.1) is 0 Å². The highest BCUT2D eigenvalue weighted by Gasteiger charge is 2.42. The average molecular weight is 433 g/mol. The minimum atomic E-state index is -0.0321. The number of amides is 3. The summed E-state index contributed by atoms with van der Waals surface area (Å²) in [5.41, 5.74) is 1.19. The molecule has 3 saturated heterocycles. The third-order valence-corrected chi connectivity index (χ3v) is 7.86. The Labute approximate surface area is 182 Å². The van der Waals surface area contributed by atoms with E-state index in [1.807, 2.05) is 28.8 Å². The lowest BCUT2D eigenvalue weighted by molar-refractivity contribution is -0.131. The minimum Gasteiger partial charge on any atom is -0.497 e. The van der Waals surface area contributed by atoms with Gasteiger partial charge in [-0.3, -0.25) is 4.79 Å². The van der Waals surface area contributed by atoms with Crippen molar-refractivity contribution in [2.75, 3.05) is 43.9 Å². The Kier molecular flexibility index (Phi) is 6.92. The van der Waals surface area contributed by atoms with Crippen molar-refractivity contribution < 1.29 is 14.3 Å². The van der Waals surface area contributed by atoms with E-state index in [0.717, 1.165) is 63.4 Å². The van der Waals surface area contributed by atoms with Crippen LogP contribution in [0.3, 0.4) is 0 Å². The number of unbranched alkanes of at least 4 members (excludes halogenated alkanes) is 1. The molecule has 2 N–H and O–H groups in total. The molecule has 7 nitrogen and oxygen atoms in total. The van der Waals surface area contributed by atoms with Gasteiger partial charge in [-0.25, -0.2) is 4.79 Å². The number of nitrogens with one attached hydrogen (secondary N) is 2. The summed E-state index contributed by atoms with van der Waals surface area (Å²) in [6, 6.07) is 8.65. The first-order valence-electron chi connectivity index (χ1n) is 11.0. The van der Waals surface area contributed by atoms with Gasteiger partial charge in [0.2, 0.25) is 5.91 Å². The fourth-order valence-electron chi connectivity index (χ4n) is 4.64. The molecule has 0 saturated carbocycles. The van der Waals surface area contributed by atoms with E-state index in [2.05, 4.69) is 27.7 Å². The Morgan fingerprint density at radius 3 is 2.77 bits per heavy atom. The molecule has 3 aliphatic rings. The number of urea groups is 1. The van der Waals surface area contributed by atoms with E-state index in [-0.39, 0.29) is 24.0 Å². The largest absolute Gasteiger partial charge is 0.497 e. The van der Waals surface area contributed by atoms with Crippen LogP contribution in [0.25, 0.3) is 0 Å². The molecule has 0 bridgehead atoms. The summed E-state index contributed by atoms with van der Waals surface area (Å²) in [7, 11) is 1.68. The molecule has 4 rings (SSSR count). The normalized spacial score (nSPS) is 26.0. The molecule has 0 unspecified atom stereocenters. The number of hydrogen-bond donors (Lipinski definition) is 2. The monoisotopic (exact) mass is 432 g/mol. The zero-order valence-corrected chi connectivity index (χ0v) is 18.5. The van der Waals surface area contributed by atoms with Gasteiger partial charge in [-0.1, -0.05) is 6.42 Å². The maximum atomic E-state index is 12.7. The van der Waals surface area contributed by atoms with Gasteiger partial charge >= 0.3 is 6.03 Å². The van der Waals surface area contributed by atoms with Crippen molar-refractivity contribution in [1.29, 1.82) is 0 Å². The number of nitrogens with zero attached hydrogens (tertiary/aromatic N) is 2. The first kappa shape index (κ1) is 21.2. The summed E-state index contributed by atoms with van der Waals surface area (Å²) in [6.45, 7) is 3.46. The standard InChI is InChI=1S/C22H32N4O3S/c1-29-17-9-7-16(8-10-17)25-11-4-12-26(14-13-25)20(27)6-3-2-5-19-21-18(15-30-19)23-22(28)24-21/h7-10,18-19,21H,2-6,11-15H2,1H3,(H2,23,24,28)/t18-,19-,21-/m0/s1. The Morgan fingerprint density at radius 2 is 1.97 bits per heavy atom. The van der Waals surface area contributed by atoms with Crippen LogP contribution in [0.5, 0.6) is 5.75 Å². The van der Waals surface area contributed by atoms with Gasteiger partial charge in [0.05, 0.1) is 19.2 Å². The van der Waals surface area contributed by atoms with Crippen molar-refractivity contribution in [2.45, 2.75) is 49.4 Å². The summed E-state index contributed by atoms with van der Waals surface area (Å²) in [5.74, 6) is 2.13. The number of hydrogen-bond acceptors (Lipinski definition) is 5. The van der Waals surface area contributed by atoms with Crippen LogP contribution in [-0.4, -0.2) is 73.2 Å². The molecule has 3 amide bonds. The molecule has 3 atom stereocenters. The lowest BCUT2D eigenvalue weighted by Gasteiger charge is -2.24. The highest BCUT2D eigenvalue weighted by Crippen LogP contribution is 2.33. The van der Waals surface area contributed by atoms with Crippen LogP contribution >= 0.6 is 11.8 Å². The van der Waals surface area contributed by atoms with Gasteiger partial charge < -0.3 is 25.2 Å².